The maximum atomic E-state index is 13.0. The summed E-state index contributed by atoms with van der Waals surface area (Å²) in [6.07, 6.45) is 3.33. The predicted octanol–water partition coefficient (Wildman–Crippen LogP) is 3.09. The van der Waals surface area contributed by atoms with Crippen LogP contribution in [0.15, 0.2) is 32.6 Å². The molecule has 0 aliphatic carbocycles. The first-order valence-corrected chi connectivity index (χ1v) is 10.1. The lowest BCUT2D eigenvalue weighted by Crippen LogP contribution is -2.33. The monoisotopic (exact) mass is 410 g/mol. The highest BCUT2D eigenvalue weighted by Crippen LogP contribution is 2.35. The second-order valence-corrected chi connectivity index (χ2v) is 7.32. The molecule has 1 N–H and O–H groups in total. The predicted molar refractivity (Wildman–Crippen MR) is 115 cm³/mol. The molecule has 0 saturated heterocycles. The third kappa shape index (κ3) is 3.53. The molecule has 1 aromatic heterocycles. The summed E-state index contributed by atoms with van der Waals surface area (Å²) in [7, 11) is 3.21. The number of methoxy groups -OCH3 is 2. The smallest absolute Gasteiger partial charge is 0.255 e. The molecule has 4 rings (SSSR count). The summed E-state index contributed by atoms with van der Waals surface area (Å²) in [5, 5.41) is 3.00. The van der Waals surface area contributed by atoms with Crippen molar-refractivity contribution in [1.82, 2.24) is 10.2 Å². The van der Waals surface area contributed by atoms with Gasteiger partial charge in [0.05, 0.1) is 31.4 Å². The minimum atomic E-state index is -0.183. The highest BCUT2D eigenvalue weighted by atomic mass is 16.5. The normalized spacial score (nSPS) is 16.7. The van der Waals surface area contributed by atoms with Crippen LogP contribution in [0.3, 0.4) is 0 Å². The van der Waals surface area contributed by atoms with Crippen molar-refractivity contribution in [3.05, 3.63) is 40.6 Å². The Balaban J connectivity index is 1.49. The summed E-state index contributed by atoms with van der Waals surface area (Å²) in [6, 6.07) is 5.94. The zero-order valence-electron chi connectivity index (χ0n) is 17.7. The Labute approximate surface area is 175 Å². The fourth-order valence-corrected chi connectivity index (χ4v) is 3.80. The Bertz CT molecular complexity index is 1020. The Hall–Kier alpha value is -3.29. The zero-order valence-corrected chi connectivity index (χ0v) is 17.7. The van der Waals surface area contributed by atoms with E-state index >= 15 is 0 Å². The lowest BCUT2D eigenvalue weighted by atomic mass is 10.1. The Morgan fingerprint density at radius 3 is 2.83 bits per heavy atom. The summed E-state index contributed by atoms with van der Waals surface area (Å²) < 4.78 is 16.4. The summed E-state index contributed by atoms with van der Waals surface area (Å²) in [4.78, 5) is 24.2. The van der Waals surface area contributed by atoms with Crippen LogP contribution >= 0.6 is 0 Å². The molecule has 8 heteroatoms. The first-order valence-electron chi connectivity index (χ1n) is 10.1. The number of amides is 1. The summed E-state index contributed by atoms with van der Waals surface area (Å²) in [5.74, 6) is 2.93. The number of nitrogens with zero attached hydrogens (tertiary/aromatic N) is 3. The van der Waals surface area contributed by atoms with Crippen molar-refractivity contribution in [3.63, 3.8) is 0 Å². The van der Waals surface area contributed by atoms with Gasteiger partial charge in [0.2, 0.25) is 5.88 Å². The van der Waals surface area contributed by atoms with Gasteiger partial charge in [-0.1, -0.05) is 13.0 Å². The number of aryl methyl sites for hydroxylation is 1. The van der Waals surface area contributed by atoms with Gasteiger partial charge in [0.1, 0.15) is 17.9 Å². The standard InChI is InChI=1S/C22H26N4O4/c1-5-15-11-26-12-24-22-19(20(26)25-15)18(13(2)30-22)21(27)23-9-8-14-6-7-16(28-3)17(10-14)29-4/h6-7,10,12,15H,5,8-9,11H2,1-4H3,(H,23,27)/t15-/m1/s1. The molecular formula is C22H26N4O4. The van der Waals surface area contributed by atoms with Gasteiger partial charge in [0.25, 0.3) is 5.91 Å². The number of hydrogen-bond donors (Lipinski definition) is 1. The summed E-state index contributed by atoms with van der Waals surface area (Å²) in [5.41, 5.74) is 2.24. The number of hydrogen-bond acceptors (Lipinski definition) is 7. The molecule has 2 aromatic rings. The van der Waals surface area contributed by atoms with Crippen LogP contribution in [0.5, 0.6) is 11.5 Å². The maximum absolute atomic E-state index is 13.0. The molecule has 0 saturated carbocycles. The average Bonchev–Trinajstić information content (AvgIpc) is 3.33. The van der Waals surface area contributed by atoms with Crippen LogP contribution in [0.25, 0.3) is 0 Å². The lowest BCUT2D eigenvalue weighted by Gasteiger charge is -2.18. The van der Waals surface area contributed by atoms with E-state index in [1.807, 2.05) is 23.1 Å². The molecule has 1 aromatic carbocycles. The van der Waals surface area contributed by atoms with E-state index in [0.29, 0.717) is 47.2 Å². The molecule has 2 aliphatic heterocycles. The van der Waals surface area contributed by atoms with E-state index in [-0.39, 0.29) is 11.9 Å². The van der Waals surface area contributed by atoms with Crippen LogP contribution in [0.2, 0.25) is 0 Å². The molecule has 0 fully saturated rings. The molecule has 0 unspecified atom stereocenters. The number of benzene rings is 1. The van der Waals surface area contributed by atoms with E-state index in [1.165, 1.54) is 0 Å². The van der Waals surface area contributed by atoms with Crippen LogP contribution in [0, 0.1) is 6.92 Å². The number of rotatable bonds is 7. The minimum absolute atomic E-state index is 0.183. The van der Waals surface area contributed by atoms with Crippen molar-refractivity contribution in [3.8, 4) is 11.5 Å². The quantitative estimate of drug-likeness (QED) is 0.758. The Morgan fingerprint density at radius 2 is 2.10 bits per heavy atom. The van der Waals surface area contributed by atoms with Crippen LogP contribution < -0.4 is 14.8 Å². The SMILES string of the molecule is CC[C@@H]1CN2C=Nc3oc(C)c(C(=O)NCCc4ccc(OC)c(OC)c4)c3C2=N1. The third-order valence-corrected chi connectivity index (χ3v) is 5.43. The van der Waals surface area contributed by atoms with Gasteiger partial charge in [-0.3, -0.25) is 9.79 Å². The first-order chi connectivity index (χ1) is 14.5. The van der Waals surface area contributed by atoms with E-state index < -0.39 is 0 Å². The average molecular weight is 410 g/mol. The molecule has 0 spiro atoms. The van der Waals surface area contributed by atoms with Gasteiger partial charge >= 0.3 is 0 Å². The second kappa shape index (κ2) is 8.22. The summed E-state index contributed by atoms with van der Waals surface area (Å²) >= 11 is 0. The minimum Gasteiger partial charge on any atom is -0.493 e. The van der Waals surface area contributed by atoms with Gasteiger partial charge < -0.3 is 24.1 Å². The molecule has 158 valence electrons. The van der Waals surface area contributed by atoms with E-state index in [4.69, 9.17) is 18.9 Å². The van der Waals surface area contributed by atoms with Gasteiger partial charge in [0.15, 0.2) is 11.5 Å². The van der Waals surface area contributed by atoms with Gasteiger partial charge in [-0.15, -0.1) is 0 Å². The van der Waals surface area contributed by atoms with Crippen molar-refractivity contribution in [1.29, 1.82) is 0 Å². The van der Waals surface area contributed by atoms with Crippen LogP contribution in [0.4, 0.5) is 5.88 Å². The van der Waals surface area contributed by atoms with E-state index in [9.17, 15) is 4.79 Å². The number of ether oxygens (including phenoxy) is 2. The molecule has 8 nitrogen and oxygen atoms in total. The third-order valence-electron chi connectivity index (χ3n) is 5.43. The molecule has 30 heavy (non-hydrogen) atoms. The van der Waals surface area contributed by atoms with E-state index in [2.05, 4.69) is 17.2 Å². The topological polar surface area (TPSA) is 88.7 Å². The molecule has 1 amide bonds. The van der Waals surface area contributed by atoms with Crippen molar-refractivity contribution < 1.29 is 18.7 Å². The Kier molecular flexibility index (Phi) is 5.48. The summed E-state index contributed by atoms with van der Waals surface area (Å²) in [6.45, 7) is 5.14. The number of carbonyl (C=O) groups is 1. The number of furan rings is 1. The Morgan fingerprint density at radius 1 is 1.30 bits per heavy atom. The second-order valence-electron chi connectivity index (χ2n) is 7.32. The molecule has 2 aliphatic rings. The number of amidine groups is 1. The van der Waals surface area contributed by atoms with Crippen LogP contribution in [-0.4, -0.2) is 56.3 Å². The molecule has 0 bridgehead atoms. The van der Waals surface area contributed by atoms with Gasteiger partial charge in [-0.25, -0.2) is 4.99 Å². The van der Waals surface area contributed by atoms with Crippen molar-refractivity contribution in [2.24, 2.45) is 9.98 Å². The molecular weight excluding hydrogens is 384 g/mol. The van der Waals surface area contributed by atoms with Crippen molar-refractivity contribution >= 4 is 24.0 Å². The fourth-order valence-electron chi connectivity index (χ4n) is 3.80. The largest absolute Gasteiger partial charge is 0.493 e. The van der Waals surface area contributed by atoms with Gasteiger partial charge in [-0.05, 0) is 37.5 Å². The molecule has 3 heterocycles. The van der Waals surface area contributed by atoms with Crippen LogP contribution in [0.1, 0.15) is 40.6 Å². The highest BCUT2D eigenvalue weighted by Gasteiger charge is 2.35. The van der Waals surface area contributed by atoms with Crippen molar-refractivity contribution in [2.45, 2.75) is 32.7 Å². The lowest BCUT2D eigenvalue weighted by molar-refractivity contribution is 0.0952. The number of nitrogens with one attached hydrogen (secondary N) is 1. The zero-order chi connectivity index (χ0) is 21.3. The van der Waals surface area contributed by atoms with E-state index in [0.717, 1.165) is 24.4 Å². The first kappa shape index (κ1) is 20.0. The van der Waals surface area contributed by atoms with Crippen LogP contribution in [-0.2, 0) is 6.42 Å². The number of aliphatic imine (C=N–C) groups is 2. The van der Waals surface area contributed by atoms with Gasteiger partial charge in [0, 0.05) is 13.1 Å². The molecule has 1 atom stereocenters. The maximum Gasteiger partial charge on any atom is 0.255 e. The number of fused-ring (bicyclic) bond motifs is 3. The van der Waals surface area contributed by atoms with Gasteiger partial charge in [-0.2, -0.15) is 0 Å². The van der Waals surface area contributed by atoms with E-state index in [1.54, 1.807) is 27.5 Å². The fraction of sp³-hybridized carbons (Fsp3) is 0.409. The highest BCUT2D eigenvalue weighted by molar-refractivity contribution is 6.17. The molecule has 0 radical (unpaired) electrons. The number of carbonyl (C=O) groups excluding carboxylic acids is 1. The van der Waals surface area contributed by atoms with Crippen molar-refractivity contribution in [2.75, 3.05) is 27.3 Å².